The number of hydrogen-bond donors (Lipinski definition) is 1. The van der Waals surface area contributed by atoms with Gasteiger partial charge in [-0.05, 0) is 25.0 Å². The molecule has 2 nitrogen and oxygen atoms in total. The van der Waals surface area contributed by atoms with E-state index in [0.717, 1.165) is 10.9 Å². The molecule has 12 heavy (non-hydrogen) atoms. The predicted molar refractivity (Wildman–Crippen MR) is 51.5 cm³/mol. The van der Waals surface area contributed by atoms with E-state index in [1.54, 1.807) is 19.4 Å². The van der Waals surface area contributed by atoms with Crippen LogP contribution in [0.15, 0.2) is 24.3 Å². The van der Waals surface area contributed by atoms with Gasteiger partial charge in [-0.25, -0.2) is 0 Å². The van der Waals surface area contributed by atoms with Crippen molar-refractivity contribution >= 4 is 12.4 Å². The molecule has 0 spiro atoms. The standard InChI is InChI=1S/C9H13O2P/c1-12(2,11)9-5-3-4-8(6-9)7-10/h3-6,10H,7H2,1-2H3. The average Bonchev–Trinajstić information content (AvgIpc) is 2.03. The van der Waals surface area contributed by atoms with Gasteiger partial charge >= 0.3 is 0 Å². The second-order valence-corrected chi connectivity index (χ2v) is 6.40. The van der Waals surface area contributed by atoms with Crippen molar-refractivity contribution in [2.24, 2.45) is 0 Å². The molecule has 0 aliphatic carbocycles. The molecular weight excluding hydrogens is 171 g/mol. The van der Waals surface area contributed by atoms with E-state index in [1.165, 1.54) is 0 Å². The smallest absolute Gasteiger partial charge is 0.109 e. The molecule has 1 aromatic rings. The van der Waals surface area contributed by atoms with Crippen LogP contribution in [0.5, 0.6) is 0 Å². The molecule has 0 saturated carbocycles. The van der Waals surface area contributed by atoms with Gasteiger partial charge in [0.1, 0.15) is 7.14 Å². The summed E-state index contributed by atoms with van der Waals surface area (Å²) in [6, 6.07) is 7.26. The third-order valence-corrected chi connectivity index (χ3v) is 3.24. The summed E-state index contributed by atoms with van der Waals surface area (Å²) in [5.41, 5.74) is 0.816. The molecular formula is C9H13O2P. The molecule has 66 valence electrons. The second-order valence-electron chi connectivity index (χ2n) is 3.18. The quantitative estimate of drug-likeness (QED) is 0.706. The minimum atomic E-state index is -2.17. The van der Waals surface area contributed by atoms with E-state index in [2.05, 4.69) is 0 Å². The predicted octanol–water partition coefficient (Wildman–Crippen LogP) is 1.43. The molecule has 1 aromatic carbocycles. The first-order chi connectivity index (χ1) is 5.54. The molecule has 0 aliphatic rings. The SMILES string of the molecule is CP(C)(=O)c1cccc(CO)c1. The van der Waals surface area contributed by atoms with Gasteiger partial charge in [-0.15, -0.1) is 0 Å². The van der Waals surface area contributed by atoms with Crippen molar-refractivity contribution in [3.05, 3.63) is 29.8 Å². The molecule has 0 amide bonds. The first-order valence-corrected chi connectivity index (χ1v) is 6.39. The highest BCUT2D eigenvalue weighted by atomic mass is 31.2. The molecule has 1 N–H and O–H groups in total. The van der Waals surface area contributed by atoms with Gasteiger partial charge in [0.15, 0.2) is 0 Å². The Labute approximate surface area is 72.6 Å². The molecule has 0 aliphatic heterocycles. The number of hydrogen-bond acceptors (Lipinski definition) is 2. The van der Waals surface area contributed by atoms with Crippen LogP contribution in [0.3, 0.4) is 0 Å². The Hall–Kier alpha value is -0.590. The van der Waals surface area contributed by atoms with E-state index >= 15 is 0 Å². The summed E-state index contributed by atoms with van der Waals surface area (Å²) >= 11 is 0. The van der Waals surface area contributed by atoms with E-state index in [9.17, 15) is 4.57 Å². The maximum absolute atomic E-state index is 11.6. The maximum atomic E-state index is 11.6. The number of aliphatic hydroxyl groups excluding tert-OH is 1. The van der Waals surface area contributed by atoms with Crippen molar-refractivity contribution in [1.82, 2.24) is 0 Å². The molecule has 0 heterocycles. The lowest BCUT2D eigenvalue weighted by Crippen LogP contribution is -2.03. The van der Waals surface area contributed by atoms with Crippen LogP contribution >= 0.6 is 7.14 Å². The molecule has 0 radical (unpaired) electrons. The van der Waals surface area contributed by atoms with E-state index in [-0.39, 0.29) is 6.61 Å². The van der Waals surface area contributed by atoms with E-state index in [0.29, 0.717) is 0 Å². The van der Waals surface area contributed by atoms with Crippen molar-refractivity contribution in [3.8, 4) is 0 Å². The summed E-state index contributed by atoms with van der Waals surface area (Å²) in [7, 11) is -2.17. The molecule has 0 fully saturated rings. The molecule has 0 atom stereocenters. The van der Waals surface area contributed by atoms with Crippen LogP contribution in [0.2, 0.25) is 0 Å². The van der Waals surface area contributed by atoms with Gasteiger partial charge in [0, 0.05) is 5.30 Å². The zero-order chi connectivity index (χ0) is 9.19. The third kappa shape index (κ3) is 2.20. The Kier molecular flexibility index (Phi) is 2.71. The summed E-state index contributed by atoms with van der Waals surface area (Å²) in [5.74, 6) is 0. The van der Waals surface area contributed by atoms with Crippen LogP contribution in [-0.4, -0.2) is 18.4 Å². The van der Waals surface area contributed by atoms with Crippen molar-refractivity contribution in [2.45, 2.75) is 6.61 Å². The highest BCUT2D eigenvalue weighted by Crippen LogP contribution is 2.34. The Morgan fingerprint density at radius 3 is 2.58 bits per heavy atom. The van der Waals surface area contributed by atoms with Crippen LogP contribution in [0, 0.1) is 0 Å². The van der Waals surface area contributed by atoms with Crippen LogP contribution < -0.4 is 5.30 Å². The first-order valence-electron chi connectivity index (χ1n) is 3.79. The van der Waals surface area contributed by atoms with Crippen molar-refractivity contribution in [2.75, 3.05) is 13.3 Å². The Bertz CT molecular complexity index is 314. The number of benzene rings is 1. The summed E-state index contributed by atoms with van der Waals surface area (Å²) < 4.78 is 11.6. The van der Waals surface area contributed by atoms with Gasteiger partial charge in [0.2, 0.25) is 0 Å². The summed E-state index contributed by atoms with van der Waals surface area (Å²) in [6.45, 7) is 3.46. The van der Waals surface area contributed by atoms with Gasteiger partial charge in [0.05, 0.1) is 6.61 Å². The molecule has 1 rings (SSSR count). The van der Waals surface area contributed by atoms with Gasteiger partial charge in [-0.2, -0.15) is 0 Å². The summed E-state index contributed by atoms with van der Waals surface area (Å²) in [4.78, 5) is 0. The summed E-state index contributed by atoms with van der Waals surface area (Å²) in [6.07, 6.45) is 0. The minimum Gasteiger partial charge on any atom is -0.392 e. The lowest BCUT2D eigenvalue weighted by atomic mass is 10.2. The first kappa shape index (κ1) is 9.50. The van der Waals surface area contributed by atoms with Gasteiger partial charge in [0.25, 0.3) is 0 Å². The summed E-state index contributed by atoms with van der Waals surface area (Å²) in [5, 5.41) is 9.67. The van der Waals surface area contributed by atoms with Crippen LogP contribution in [-0.2, 0) is 11.2 Å². The molecule has 0 unspecified atom stereocenters. The van der Waals surface area contributed by atoms with E-state index in [1.807, 2.05) is 18.2 Å². The molecule has 0 bridgehead atoms. The monoisotopic (exact) mass is 184 g/mol. The fourth-order valence-electron chi connectivity index (χ4n) is 0.990. The zero-order valence-electron chi connectivity index (χ0n) is 7.32. The van der Waals surface area contributed by atoms with Crippen LogP contribution in [0.1, 0.15) is 5.56 Å². The maximum Gasteiger partial charge on any atom is 0.109 e. The highest BCUT2D eigenvalue weighted by molar-refractivity contribution is 7.70. The van der Waals surface area contributed by atoms with Gasteiger partial charge in [-0.3, -0.25) is 0 Å². The minimum absolute atomic E-state index is 0.00778. The second kappa shape index (κ2) is 3.42. The van der Waals surface area contributed by atoms with Gasteiger partial charge < -0.3 is 9.67 Å². The van der Waals surface area contributed by atoms with Gasteiger partial charge in [-0.1, -0.05) is 18.2 Å². The fourth-order valence-corrected chi connectivity index (χ4v) is 1.91. The lowest BCUT2D eigenvalue weighted by Gasteiger charge is -2.07. The normalized spacial score (nSPS) is 11.6. The molecule has 3 heteroatoms. The topological polar surface area (TPSA) is 37.3 Å². The Morgan fingerprint density at radius 1 is 1.42 bits per heavy atom. The van der Waals surface area contributed by atoms with E-state index < -0.39 is 7.14 Å². The third-order valence-electron chi connectivity index (χ3n) is 1.71. The van der Waals surface area contributed by atoms with Crippen molar-refractivity contribution in [3.63, 3.8) is 0 Å². The average molecular weight is 184 g/mol. The van der Waals surface area contributed by atoms with Crippen molar-refractivity contribution in [1.29, 1.82) is 0 Å². The molecule has 0 aromatic heterocycles. The van der Waals surface area contributed by atoms with Crippen LogP contribution in [0.4, 0.5) is 0 Å². The lowest BCUT2D eigenvalue weighted by molar-refractivity contribution is 0.282. The number of aliphatic hydroxyl groups is 1. The molecule has 0 saturated heterocycles. The van der Waals surface area contributed by atoms with Crippen molar-refractivity contribution < 1.29 is 9.67 Å². The van der Waals surface area contributed by atoms with Crippen LogP contribution in [0.25, 0.3) is 0 Å². The fraction of sp³-hybridized carbons (Fsp3) is 0.333. The number of rotatable bonds is 2. The van der Waals surface area contributed by atoms with E-state index in [4.69, 9.17) is 5.11 Å². The Balaban J connectivity index is 3.11. The Morgan fingerprint density at radius 2 is 2.08 bits per heavy atom. The highest BCUT2D eigenvalue weighted by Gasteiger charge is 2.10. The zero-order valence-corrected chi connectivity index (χ0v) is 8.21. The largest absolute Gasteiger partial charge is 0.392 e.